The number of hydrogen-bond donors (Lipinski definition) is 1. The average Bonchev–Trinajstić information content (AvgIpc) is 2.61. The largest absolute Gasteiger partial charge is 0.358 e. The molecule has 15 heavy (non-hydrogen) atoms. The van der Waals surface area contributed by atoms with Gasteiger partial charge in [0.15, 0.2) is 0 Å². The first-order valence-corrected chi connectivity index (χ1v) is 5.36. The summed E-state index contributed by atoms with van der Waals surface area (Å²) in [7, 11) is 0. The number of nitrogens with zero attached hydrogens (tertiary/aromatic N) is 1. The highest BCUT2D eigenvalue weighted by atomic mass is 16.1. The SMILES string of the molecule is Cc1c[nH]c2c1C13CC1C[N]C3=CC2=O. The lowest BCUT2D eigenvalue weighted by molar-refractivity contribution is 0.103. The van der Waals surface area contributed by atoms with E-state index in [0.717, 1.165) is 17.9 Å². The number of H-pyrrole nitrogens is 1. The van der Waals surface area contributed by atoms with Crippen LogP contribution in [0.1, 0.15) is 28.0 Å². The van der Waals surface area contributed by atoms with Crippen LogP contribution in [0.25, 0.3) is 0 Å². The van der Waals surface area contributed by atoms with Gasteiger partial charge < -0.3 is 4.98 Å². The molecule has 3 aliphatic rings. The summed E-state index contributed by atoms with van der Waals surface area (Å²) in [5, 5.41) is 4.48. The molecule has 2 fully saturated rings. The lowest BCUT2D eigenvalue weighted by Gasteiger charge is -2.20. The van der Waals surface area contributed by atoms with Gasteiger partial charge in [0.05, 0.1) is 5.69 Å². The van der Waals surface area contributed by atoms with E-state index in [0.29, 0.717) is 5.92 Å². The smallest absolute Gasteiger partial charge is 0.204 e. The van der Waals surface area contributed by atoms with Gasteiger partial charge in [-0.25, -0.2) is 0 Å². The highest BCUT2D eigenvalue weighted by Gasteiger charge is 2.65. The predicted molar refractivity (Wildman–Crippen MR) is 54.7 cm³/mol. The van der Waals surface area contributed by atoms with Crippen molar-refractivity contribution in [2.24, 2.45) is 5.92 Å². The van der Waals surface area contributed by atoms with Crippen LogP contribution in [0.5, 0.6) is 0 Å². The molecule has 1 saturated heterocycles. The van der Waals surface area contributed by atoms with Crippen molar-refractivity contribution in [1.82, 2.24) is 10.3 Å². The minimum atomic E-state index is 0.0926. The Morgan fingerprint density at radius 2 is 2.47 bits per heavy atom. The molecule has 1 aromatic heterocycles. The molecular weight excluding hydrogens is 188 g/mol. The van der Waals surface area contributed by atoms with Crippen molar-refractivity contribution in [1.29, 1.82) is 0 Å². The normalized spacial score (nSPS) is 35.1. The fraction of sp³-hybridized carbons (Fsp3) is 0.417. The first kappa shape index (κ1) is 7.74. The van der Waals surface area contributed by atoms with E-state index in [1.807, 2.05) is 6.20 Å². The van der Waals surface area contributed by atoms with Crippen LogP contribution in [0.2, 0.25) is 0 Å². The number of carbonyl (C=O) groups is 1. The van der Waals surface area contributed by atoms with Gasteiger partial charge in [0, 0.05) is 29.9 Å². The monoisotopic (exact) mass is 199 g/mol. The number of rotatable bonds is 0. The summed E-state index contributed by atoms with van der Waals surface area (Å²) in [4.78, 5) is 14.9. The van der Waals surface area contributed by atoms with Crippen LogP contribution in [0.15, 0.2) is 18.0 Å². The number of nitrogens with one attached hydrogen (secondary N) is 1. The third kappa shape index (κ3) is 0.664. The molecule has 2 atom stereocenters. The second-order valence-electron chi connectivity index (χ2n) is 4.83. The van der Waals surface area contributed by atoms with Gasteiger partial charge in [0.1, 0.15) is 0 Å². The van der Waals surface area contributed by atoms with Crippen LogP contribution in [0.3, 0.4) is 0 Å². The molecule has 1 radical (unpaired) electrons. The number of hydrogen-bond acceptors (Lipinski definition) is 1. The van der Waals surface area contributed by atoms with Crippen LogP contribution >= 0.6 is 0 Å². The summed E-state index contributed by atoms with van der Waals surface area (Å²) in [6.45, 7) is 2.98. The van der Waals surface area contributed by atoms with E-state index in [1.165, 1.54) is 17.5 Å². The second kappa shape index (κ2) is 2.03. The zero-order valence-corrected chi connectivity index (χ0v) is 8.50. The third-order valence-electron chi connectivity index (χ3n) is 4.08. The Kier molecular flexibility index (Phi) is 1.05. The number of aromatic nitrogens is 1. The van der Waals surface area contributed by atoms with Gasteiger partial charge in [-0.15, -0.1) is 0 Å². The molecular formula is C12H11N2O. The molecule has 2 unspecified atom stereocenters. The van der Waals surface area contributed by atoms with Crippen LogP contribution in [-0.4, -0.2) is 17.3 Å². The summed E-state index contributed by atoms with van der Waals surface area (Å²) < 4.78 is 0. The minimum absolute atomic E-state index is 0.0926. The van der Waals surface area contributed by atoms with Gasteiger partial charge in [-0.1, -0.05) is 0 Å². The van der Waals surface area contributed by atoms with Gasteiger partial charge >= 0.3 is 0 Å². The van der Waals surface area contributed by atoms with Crippen molar-refractivity contribution in [2.75, 3.05) is 6.54 Å². The number of allylic oxidation sites excluding steroid dienone is 2. The lowest BCUT2D eigenvalue weighted by Crippen LogP contribution is -2.22. The van der Waals surface area contributed by atoms with Gasteiger partial charge in [-0.2, -0.15) is 0 Å². The van der Waals surface area contributed by atoms with Crippen molar-refractivity contribution < 1.29 is 4.79 Å². The fourth-order valence-electron chi connectivity index (χ4n) is 3.31. The quantitative estimate of drug-likeness (QED) is 0.672. The summed E-state index contributed by atoms with van der Waals surface area (Å²) in [5.74, 6) is 0.750. The minimum Gasteiger partial charge on any atom is -0.358 e. The Morgan fingerprint density at radius 3 is 3.27 bits per heavy atom. The highest BCUT2D eigenvalue weighted by Crippen LogP contribution is 2.64. The van der Waals surface area contributed by atoms with Crippen molar-refractivity contribution in [2.45, 2.75) is 18.8 Å². The molecule has 2 aliphatic carbocycles. The van der Waals surface area contributed by atoms with Gasteiger partial charge in [-0.3, -0.25) is 10.1 Å². The van der Waals surface area contributed by atoms with Crippen LogP contribution in [0.4, 0.5) is 0 Å². The summed E-state index contributed by atoms with van der Waals surface area (Å²) in [5.41, 5.74) is 4.41. The Morgan fingerprint density at radius 1 is 1.60 bits per heavy atom. The fourth-order valence-corrected chi connectivity index (χ4v) is 3.31. The lowest BCUT2D eigenvalue weighted by atomic mass is 9.84. The molecule has 75 valence electrons. The van der Waals surface area contributed by atoms with Crippen molar-refractivity contribution >= 4 is 5.78 Å². The summed E-state index contributed by atoms with van der Waals surface area (Å²) >= 11 is 0. The standard InChI is InChI=1S/C12H11N2O/c1-6-4-14-11-8(15)2-9-12(10(6)11)3-7(12)5-13-9/h2,4,7,14H,3,5H2,1H3. The zero-order valence-electron chi connectivity index (χ0n) is 8.50. The molecule has 4 rings (SSSR count). The first-order valence-electron chi connectivity index (χ1n) is 5.36. The Hall–Kier alpha value is -1.51. The van der Waals surface area contributed by atoms with Crippen molar-refractivity contribution in [3.8, 4) is 0 Å². The molecule has 3 nitrogen and oxygen atoms in total. The van der Waals surface area contributed by atoms with Crippen molar-refractivity contribution in [3.05, 3.63) is 34.8 Å². The van der Waals surface area contributed by atoms with E-state index >= 15 is 0 Å². The Balaban J connectivity index is 2.07. The molecule has 0 aromatic carbocycles. The van der Waals surface area contributed by atoms with E-state index in [2.05, 4.69) is 17.2 Å². The predicted octanol–water partition coefficient (Wildman–Crippen LogP) is 1.28. The molecule has 1 spiro atoms. The molecule has 1 aliphatic heterocycles. The molecule has 1 aromatic rings. The van der Waals surface area contributed by atoms with Gasteiger partial charge in [0.2, 0.25) is 5.78 Å². The second-order valence-corrected chi connectivity index (χ2v) is 4.83. The Labute approximate surface area is 87.6 Å². The number of fused-ring (bicyclic) bond motifs is 1. The van der Waals surface area contributed by atoms with E-state index in [9.17, 15) is 4.79 Å². The molecule has 1 saturated carbocycles. The van der Waals surface area contributed by atoms with Crippen LogP contribution < -0.4 is 5.32 Å². The maximum atomic E-state index is 11.8. The summed E-state index contributed by atoms with van der Waals surface area (Å²) in [6, 6.07) is 0. The number of carbonyl (C=O) groups excluding carboxylic acids is 1. The molecule has 0 amide bonds. The maximum absolute atomic E-state index is 11.8. The molecule has 3 heteroatoms. The van der Waals surface area contributed by atoms with E-state index in [4.69, 9.17) is 0 Å². The van der Waals surface area contributed by atoms with E-state index < -0.39 is 0 Å². The molecule has 1 N–H and O–H groups in total. The summed E-state index contributed by atoms with van der Waals surface area (Å²) in [6.07, 6.45) is 4.86. The average molecular weight is 199 g/mol. The van der Waals surface area contributed by atoms with Gasteiger partial charge in [-0.05, 0) is 30.4 Å². The van der Waals surface area contributed by atoms with Crippen molar-refractivity contribution in [3.63, 3.8) is 0 Å². The van der Waals surface area contributed by atoms with Gasteiger partial charge in [0.25, 0.3) is 0 Å². The maximum Gasteiger partial charge on any atom is 0.204 e. The molecule has 0 bridgehead atoms. The first-order chi connectivity index (χ1) is 7.23. The van der Waals surface area contributed by atoms with E-state index in [-0.39, 0.29) is 11.2 Å². The van der Waals surface area contributed by atoms with Crippen LogP contribution in [-0.2, 0) is 5.41 Å². The number of aryl methyl sites for hydroxylation is 1. The zero-order chi connectivity index (χ0) is 10.2. The number of aromatic amines is 1. The van der Waals surface area contributed by atoms with E-state index in [1.54, 1.807) is 6.08 Å². The topological polar surface area (TPSA) is 47.0 Å². The third-order valence-corrected chi connectivity index (χ3v) is 4.08. The number of piperidine rings is 1. The Bertz CT molecular complexity index is 526. The van der Waals surface area contributed by atoms with Crippen LogP contribution in [0, 0.1) is 12.8 Å². The highest BCUT2D eigenvalue weighted by molar-refractivity contribution is 6.07. The molecule has 2 heterocycles. The number of ketones is 1.